The van der Waals surface area contributed by atoms with Crippen LogP contribution in [0, 0.1) is 13.8 Å². The number of rotatable bonds is 3. The van der Waals surface area contributed by atoms with Crippen molar-refractivity contribution < 1.29 is 13.2 Å². The third kappa shape index (κ3) is 4.40. The van der Waals surface area contributed by atoms with E-state index < -0.39 is 9.84 Å². The normalized spacial score (nSPS) is 19.2. The van der Waals surface area contributed by atoms with E-state index in [1.165, 1.54) is 5.56 Å². The minimum Gasteiger partial charge on any atom is -0.346 e. The first-order valence-corrected chi connectivity index (χ1v) is 11.0. The van der Waals surface area contributed by atoms with E-state index >= 15 is 0 Å². The number of nitrogens with one attached hydrogen (secondary N) is 1. The van der Waals surface area contributed by atoms with Gasteiger partial charge in [0.25, 0.3) is 5.91 Å². The van der Waals surface area contributed by atoms with Crippen LogP contribution in [0.1, 0.15) is 54.8 Å². The number of aryl methyl sites for hydroxylation is 2. The minimum atomic E-state index is -3.06. The third-order valence-corrected chi connectivity index (χ3v) is 6.56. The van der Waals surface area contributed by atoms with Crippen LogP contribution in [0.2, 0.25) is 0 Å². The number of carbonyl (C=O) groups excluding carboxylic acids is 1. The lowest BCUT2D eigenvalue weighted by Gasteiger charge is -2.19. The first-order valence-electron chi connectivity index (χ1n) is 9.15. The van der Waals surface area contributed by atoms with Gasteiger partial charge < -0.3 is 5.32 Å². The molecule has 27 heavy (non-hydrogen) atoms. The molecule has 0 radical (unpaired) electrons. The molecule has 1 aromatic carbocycles. The first-order chi connectivity index (χ1) is 12.5. The van der Waals surface area contributed by atoms with Crippen LogP contribution in [-0.2, 0) is 9.84 Å². The van der Waals surface area contributed by atoms with Crippen molar-refractivity contribution in [2.45, 2.75) is 52.6 Å². The predicted molar refractivity (Wildman–Crippen MR) is 107 cm³/mol. The monoisotopic (exact) mass is 389 g/mol. The van der Waals surface area contributed by atoms with Gasteiger partial charge in [-0.05, 0) is 64.3 Å². The molecule has 1 aliphatic rings. The van der Waals surface area contributed by atoms with Crippen molar-refractivity contribution in [3.63, 3.8) is 0 Å². The number of nitrogens with zero attached hydrogens (tertiary/aromatic N) is 2. The maximum absolute atomic E-state index is 12.6. The van der Waals surface area contributed by atoms with E-state index in [2.05, 4.69) is 16.5 Å². The summed E-state index contributed by atoms with van der Waals surface area (Å²) in [5.41, 5.74) is 3.96. The summed E-state index contributed by atoms with van der Waals surface area (Å²) in [6, 6.07) is 7.59. The van der Waals surface area contributed by atoms with E-state index in [1.807, 2.05) is 46.8 Å². The predicted octanol–water partition coefficient (Wildman–Crippen LogP) is 3.05. The Kier molecular flexibility index (Phi) is 4.93. The first kappa shape index (κ1) is 19.6. The molecular weight excluding hydrogens is 362 g/mol. The molecule has 1 aromatic heterocycles. The molecule has 1 fully saturated rings. The molecule has 2 heterocycles. The Morgan fingerprint density at radius 1 is 1.19 bits per heavy atom. The van der Waals surface area contributed by atoms with Gasteiger partial charge in [0.05, 0.1) is 23.2 Å². The van der Waals surface area contributed by atoms with Gasteiger partial charge in [-0.1, -0.05) is 12.1 Å². The summed E-state index contributed by atoms with van der Waals surface area (Å²) in [6.45, 7) is 9.82. The molecule has 0 aliphatic carbocycles. The van der Waals surface area contributed by atoms with E-state index in [9.17, 15) is 13.2 Å². The Morgan fingerprint density at radius 3 is 2.44 bits per heavy atom. The highest BCUT2D eigenvalue weighted by atomic mass is 32.2. The summed E-state index contributed by atoms with van der Waals surface area (Å²) in [7, 11) is -3.06. The van der Waals surface area contributed by atoms with Crippen LogP contribution in [0.5, 0.6) is 0 Å². The molecule has 1 atom stereocenters. The van der Waals surface area contributed by atoms with E-state index in [0.29, 0.717) is 12.1 Å². The quantitative estimate of drug-likeness (QED) is 0.875. The highest BCUT2D eigenvalue weighted by molar-refractivity contribution is 7.91. The van der Waals surface area contributed by atoms with Crippen LogP contribution < -0.4 is 5.32 Å². The smallest absolute Gasteiger partial charge is 0.272 e. The lowest BCUT2D eigenvalue weighted by molar-refractivity contribution is 0.0913. The van der Waals surface area contributed by atoms with Crippen LogP contribution in [0.25, 0.3) is 11.3 Å². The third-order valence-electron chi connectivity index (χ3n) is 4.81. The number of hydrogen-bond donors (Lipinski definition) is 1. The van der Waals surface area contributed by atoms with Crippen molar-refractivity contribution in [2.75, 3.05) is 11.5 Å². The van der Waals surface area contributed by atoms with Gasteiger partial charge >= 0.3 is 0 Å². The van der Waals surface area contributed by atoms with Gasteiger partial charge in [0.2, 0.25) is 0 Å². The number of sulfone groups is 1. The molecule has 1 amide bonds. The SMILES string of the molecule is Cc1ccc(-c2cc(C(=O)NC(C)(C)C)nn2C2CCS(=O)(=O)C2)cc1C. The van der Waals surface area contributed by atoms with Gasteiger partial charge in [-0.15, -0.1) is 0 Å². The zero-order valence-corrected chi connectivity index (χ0v) is 17.4. The van der Waals surface area contributed by atoms with E-state index in [1.54, 1.807) is 10.7 Å². The zero-order chi connectivity index (χ0) is 20.0. The molecule has 7 heteroatoms. The van der Waals surface area contributed by atoms with Crippen molar-refractivity contribution in [1.82, 2.24) is 15.1 Å². The highest BCUT2D eigenvalue weighted by Crippen LogP contribution is 2.31. The maximum Gasteiger partial charge on any atom is 0.272 e. The number of hydrogen-bond acceptors (Lipinski definition) is 4. The van der Waals surface area contributed by atoms with Crippen LogP contribution >= 0.6 is 0 Å². The molecule has 3 rings (SSSR count). The van der Waals surface area contributed by atoms with E-state index in [0.717, 1.165) is 16.8 Å². The molecular formula is C20H27N3O3S. The number of aromatic nitrogens is 2. The average molecular weight is 390 g/mol. The van der Waals surface area contributed by atoms with Crippen molar-refractivity contribution >= 4 is 15.7 Å². The number of carbonyl (C=O) groups is 1. The van der Waals surface area contributed by atoms with Crippen molar-refractivity contribution in [1.29, 1.82) is 0 Å². The lowest BCUT2D eigenvalue weighted by Crippen LogP contribution is -2.40. The Hall–Kier alpha value is -2.15. The standard InChI is InChI=1S/C20H27N3O3S/c1-13-6-7-15(10-14(13)2)18-11-17(19(24)21-20(3,4)5)22-23(18)16-8-9-27(25,26)12-16/h6-7,10-11,16H,8-9,12H2,1-5H3,(H,21,24). The second kappa shape index (κ2) is 6.78. The van der Waals surface area contributed by atoms with Gasteiger partial charge in [0.1, 0.15) is 0 Å². The molecule has 0 spiro atoms. The molecule has 0 bridgehead atoms. The summed E-state index contributed by atoms with van der Waals surface area (Å²) in [4.78, 5) is 12.6. The Labute approximate surface area is 160 Å². The molecule has 1 unspecified atom stereocenters. The van der Waals surface area contributed by atoms with Gasteiger partial charge in [0, 0.05) is 11.1 Å². The second-order valence-corrected chi connectivity index (χ2v) is 10.6. The summed E-state index contributed by atoms with van der Waals surface area (Å²) in [6.07, 6.45) is 0.516. The number of amides is 1. The molecule has 1 saturated heterocycles. The summed E-state index contributed by atoms with van der Waals surface area (Å²) in [5.74, 6) is -0.0347. The van der Waals surface area contributed by atoms with Gasteiger partial charge in [0.15, 0.2) is 15.5 Å². The second-order valence-electron chi connectivity index (χ2n) is 8.42. The number of benzene rings is 1. The largest absolute Gasteiger partial charge is 0.346 e. The van der Waals surface area contributed by atoms with E-state index in [4.69, 9.17) is 0 Å². The lowest BCUT2D eigenvalue weighted by atomic mass is 10.0. The fourth-order valence-electron chi connectivity index (χ4n) is 3.27. The molecule has 0 saturated carbocycles. The van der Waals surface area contributed by atoms with Gasteiger partial charge in [-0.3, -0.25) is 9.48 Å². The summed E-state index contributed by atoms with van der Waals surface area (Å²) >= 11 is 0. The average Bonchev–Trinajstić information content (AvgIpc) is 3.12. The van der Waals surface area contributed by atoms with Crippen molar-refractivity contribution in [2.24, 2.45) is 0 Å². The van der Waals surface area contributed by atoms with Crippen LogP contribution in [-0.4, -0.2) is 41.2 Å². The molecule has 1 aliphatic heterocycles. The van der Waals surface area contributed by atoms with Crippen LogP contribution in [0.15, 0.2) is 24.3 Å². The molecule has 6 nitrogen and oxygen atoms in total. The van der Waals surface area contributed by atoms with Crippen molar-refractivity contribution in [3.05, 3.63) is 41.1 Å². The Bertz CT molecular complexity index is 984. The summed E-state index contributed by atoms with van der Waals surface area (Å²) in [5, 5.41) is 7.43. The minimum absolute atomic E-state index is 0.0624. The van der Waals surface area contributed by atoms with Crippen LogP contribution in [0.3, 0.4) is 0 Å². The molecule has 146 valence electrons. The van der Waals surface area contributed by atoms with Crippen LogP contribution in [0.4, 0.5) is 0 Å². The zero-order valence-electron chi connectivity index (χ0n) is 16.5. The summed E-state index contributed by atoms with van der Waals surface area (Å²) < 4.78 is 25.7. The Balaban J connectivity index is 2.06. The van der Waals surface area contributed by atoms with E-state index in [-0.39, 0.29) is 29.0 Å². The fourth-order valence-corrected chi connectivity index (χ4v) is 4.96. The molecule has 1 N–H and O–H groups in total. The highest BCUT2D eigenvalue weighted by Gasteiger charge is 2.32. The van der Waals surface area contributed by atoms with Gasteiger partial charge in [-0.25, -0.2) is 8.42 Å². The Morgan fingerprint density at radius 2 is 1.89 bits per heavy atom. The van der Waals surface area contributed by atoms with Crippen molar-refractivity contribution in [3.8, 4) is 11.3 Å². The topological polar surface area (TPSA) is 81.1 Å². The maximum atomic E-state index is 12.6. The molecule has 2 aromatic rings. The fraction of sp³-hybridized carbons (Fsp3) is 0.500. The van der Waals surface area contributed by atoms with Gasteiger partial charge in [-0.2, -0.15) is 5.10 Å².